The van der Waals surface area contributed by atoms with E-state index >= 15 is 0 Å². The molecule has 4 nitrogen and oxygen atoms in total. The Kier molecular flexibility index (Phi) is 5.16. The molecule has 1 aliphatic heterocycles. The summed E-state index contributed by atoms with van der Waals surface area (Å²) in [4.78, 5) is 12.0. The Hall–Kier alpha value is -1.83. The number of rotatable bonds is 3. The van der Waals surface area contributed by atoms with Crippen molar-refractivity contribution in [1.29, 1.82) is 0 Å². The Morgan fingerprint density at radius 1 is 1.55 bits per heavy atom. The van der Waals surface area contributed by atoms with Gasteiger partial charge in [0.15, 0.2) is 0 Å². The molecule has 2 atom stereocenters. The molecule has 4 heteroatoms. The van der Waals surface area contributed by atoms with Crippen molar-refractivity contribution in [3.05, 3.63) is 35.4 Å². The lowest BCUT2D eigenvalue weighted by Gasteiger charge is -2.09. The maximum absolute atomic E-state index is 12.0. The second-order valence-corrected chi connectivity index (χ2v) is 5.00. The molecule has 1 aromatic carbocycles. The lowest BCUT2D eigenvalue weighted by Crippen LogP contribution is -2.30. The van der Waals surface area contributed by atoms with E-state index in [9.17, 15) is 4.79 Å². The highest BCUT2D eigenvalue weighted by atomic mass is 16.5. The minimum absolute atomic E-state index is 0.0229. The molecule has 0 aromatic heterocycles. The van der Waals surface area contributed by atoms with Crippen molar-refractivity contribution in [3.63, 3.8) is 0 Å². The summed E-state index contributed by atoms with van der Waals surface area (Å²) in [5, 5.41) is 2.95. The molecule has 1 fully saturated rings. The summed E-state index contributed by atoms with van der Waals surface area (Å²) in [5.74, 6) is 5.85. The van der Waals surface area contributed by atoms with E-state index in [1.807, 2.05) is 31.2 Å². The molecule has 1 heterocycles. The Balaban J connectivity index is 1.89. The highest BCUT2D eigenvalue weighted by molar-refractivity contribution is 5.79. The molecular formula is C16H20N2O2. The van der Waals surface area contributed by atoms with Crippen molar-refractivity contribution in [1.82, 2.24) is 5.32 Å². The van der Waals surface area contributed by atoms with Gasteiger partial charge in [0.05, 0.1) is 25.2 Å². The smallest absolute Gasteiger partial charge is 0.225 e. The normalized spacial score (nSPS) is 21.1. The fourth-order valence-electron chi connectivity index (χ4n) is 2.25. The minimum Gasteiger partial charge on any atom is -0.378 e. The molecular weight excluding hydrogens is 252 g/mol. The average Bonchev–Trinajstić information content (AvgIpc) is 2.90. The lowest BCUT2D eigenvalue weighted by atomic mass is 10.1. The summed E-state index contributed by atoms with van der Waals surface area (Å²) in [6.45, 7) is 3.38. The number of amides is 1. The summed E-state index contributed by atoms with van der Waals surface area (Å²) in [5.41, 5.74) is 7.30. The van der Waals surface area contributed by atoms with Gasteiger partial charge in [-0.1, -0.05) is 24.0 Å². The van der Waals surface area contributed by atoms with E-state index in [-0.39, 0.29) is 17.9 Å². The third kappa shape index (κ3) is 4.09. The number of benzene rings is 1. The molecule has 1 saturated heterocycles. The summed E-state index contributed by atoms with van der Waals surface area (Å²) in [6, 6.07) is 7.81. The van der Waals surface area contributed by atoms with Crippen LogP contribution in [0.4, 0.5) is 0 Å². The van der Waals surface area contributed by atoms with Crippen LogP contribution >= 0.6 is 0 Å². The van der Waals surface area contributed by atoms with E-state index in [0.717, 1.165) is 17.5 Å². The molecule has 2 rings (SSSR count). The van der Waals surface area contributed by atoms with Crippen molar-refractivity contribution in [2.75, 3.05) is 13.2 Å². The van der Waals surface area contributed by atoms with Crippen LogP contribution in [0.5, 0.6) is 0 Å². The van der Waals surface area contributed by atoms with Crippen LogP contribution in [-0.2, 0) is 16.1 Å². The van der Waals surface area contributed by atoms with Crippen LogP contribution in [0.15, 0.2) is 24.3 Å². The highest BCUT2D eigenvalue weighted by Gasteiger charge is 2.27. The second kappa shape index (κ2) is 7.09. The van der Waals surface area contributed by atoms with Crippen molar-refractivity contribution in [2.24, 2.45) is 11.7 Å². The van der Waals surface area contributed by atoms with E-state index in [1.165, 1.54) is 0 Å². The zero-order chi connectivity index (χ0) is 14.4. The lowest BCUT2D eigenvalue weighted by molar-refractivity contribution is -0.125. The molecule has 0 aliphatic carbocycles. The second-order valence-electron chi connectivity index (χ2n) is 5.00. The van der Waals surface area contributed by atoms with E-state index in [0.29, 0.717) is 19.7 Å². The number of carbonyl (C=O) groups is 1. The fraction of sp³-hybridized carbons (Fsp3) is 0.438. The summed E-state index contributed by atoms with van der Waals surface area (Å²) >= 11 is 0. The Labute approximate surface area is 119 Å². The van der Waals surface area contributed by atoms with E-state index in [1.54, 1.807) is 0 Å². The first kappa shape index (κ1) is 14.6. The standard InChI is InChI=1S/C16H20N2O2/c1-12-8-15(11-20-12)16(19)18-10-14-5-2-4-13(9-14)6-3-7-17/h2,4-5,9,12,15H,7-8,10-11,17H2,1H3,(H,18,19). The number of nitrogens with one attached hydrogen (secondary N) is 1. The fourth-order valence-corrected chi connectivity index (χ4v) is 2.25. The van der Waals surface area contributed by atoms with Crippen LogP contribution in [0.1, 0.15) is 24.5 Å². The molecule has 0 saturated carbocycles. The van der Waals surface area contributed by atoms with Gasteiger partial charge in [-0.2, -0.15) is 0 Å². The van der Waals surface area contributed by atoms with Crippen molar-refractivity contribution in [3.8, 4) is 11.8 Å². The molecule has 1 amide bonds. The molecule has 106 valence electrons. The third-order valence-corrected chi connectivity index (χ3v) is 3.30. The van der Waals surface area contributed by atoms with Crippen molar-refractivity contribution < 1.29 is 9.53 Å². The van der Waals surface area contributed by atoms with Crippen molar-refractivity contribution in [2.45, 2.75) is 26.0 Å². The van der Waals surface area contributed by atoms with Crippen LogP contribution in [0, 0.1) is 17.8 Å². The largest absolute Gasteiger partial charge is 0.378 e. The number of hydrogen-bond acceptors (Lipinski definition) is 3. The molecule has 0 bridgehead atoms. The quantitative estimate of drug-likeness (QED) is 0.808. The molecule has 0 spiro atoms. The predicted molar refractivity (Wildman–Crippen MR) is 77.7 cm³/mol. The number of carbonyl (C=O) groups excluding carboxylic acids is 1. The first-order chi connectivity index (χ1) is 9.69. The van der Waals surface area contributed by atoms with Gasteiger partial charge in [-0.05, 0) is 31.0 Å². The summed E-state index contributed by atoms with van der Waals surface area (Å²) in [7, 11) is 0. The van der Waals surface area contributed by atoms with E-state index in [2.05, 4.69) is 17.2 Å². The molecule has 1 aliphatic rings. The van der Waals surface area contributed by atoms with Gasteiger partial charge in [0.25, 0.3) is 0 Å². The zero-order valence-electron chi connectivity index (χ0n) is 11.7. The zero-order valence-corrected chi connectivity index (χ0v) is 11.7. The van der Waals surface area contributed by atoms with Gasteiger partial charge in [0.1, 0.15) is 0 Å². The maximum atomic E-state index is 12.0. The molecule has 0 radical (unpaired) electrons. The van der Waals surface area contributed by atoms with Gasteiger partial charge in [-0.15, -0.1) is 0 Å². The van der Waals surface area contributed by atoms with E-state index in [4.69, 9.17) is 10.5 Å². The summed E-state index contributed by atoms with van der Waals surface area (Å²) in [6.07, 6.45) is 0.981. The van der Waals surface area contributed by atoms with Crippen LogP contribution in [-0.4, -0.2) is 25.2 Å². The van der Waals surface area contributed by atoms with Crippen LogP contribution < -0.4 is 11.1 Å². The van der Waals surface area contributed by atoms with Gasteiger partial charge < -0.3 is 15.8 Å². The first-order valence-electron chi connectivity index (χ1n) is 6.86. The minimum atomic E-state index is -0.0229. The molecule has 3 N–H and O–H groups in total. The van der Waals surface area contributed by atoms with Gasteiger partial charge in [-0.25, -0.2) is 0 Å². The average molecular weight is 272 g/mol. The third-order valence-electron chi connectivity index (χ3n) is 3.30. The Morgan fingerprint density at radius 3 is 3.10 bits per heavy atom. The molecule has 20 heavy (non-hydrogen) atoms. The first-order valence-corrected chi connectivity index (χ1v) is 6.86. The van der Waals surface area contributed by atoms with Crippen LogP contribution in [0.25, 0.3) is 0 Å². The number of hydrogen-bond donors (Lipinski definition) is 2. The summed E-state index contributed by atoms with van der Waals surface area (Å²) < 4.78 is 5.41. The predicted octanol–water partition coefficient (Wildman–Crippen LogP) is 1.04. The Bertz CT molecular complexity index is 531. The van der Waals surface area contributed by atoms with E-state index < -0.39 is 0 Å². The molecule has 2 unspecified atom stereocenters. The number of nitrogens with two attached hydrogens (primary N) is 1. The van der Waals surface area contributed by atoms with Gasteiger partial charge in [0, 0.05) is 12.1 Å². The maximum Gasteiger partial charge on any atom is 0.225 e. The topological polar surface area (TPSA) is 64.4 Å². The van der Waals surface area contributed by atoms with Crippen LogP contribution in [0.2, 0.25) is 0 Å². The number of ether oxygens (including phenoxy) is 1. The van der Waals surface area contributed by atoms with Gasteiger partial charge in [-0.3, -0.25) is 4.79 Å². The van der Waals surface area contributed by atoms with Gasteiger partial charge in [0.2, 0.25) is 5.91 Å². The SMILES string of the molecule is CC1CC(C(=O)NCc2cccc(C#CCN)c2)CO1. The van der Waals surface area contributed by atoms with Crippen LogP contribution in [0.3, 0.4) is 0 Å². The highest BCUT2D eigenvalue weighted by Crippen LogP contribution is 2.19. The molecule has 1 aromatic rings. The van der Waals surface area contributed by atoms with Gasteiger partial charge >= 0.3 is 0 Å². The monoisotopic (exact) mass is 272 g/mol. The van der Waals surface area contributed by atoms with Crippen molar-refractivity contribution >= 4 is 5.91 Å². The Morgan fingerprint density at radius 2 is 2.40 bits per heavy atom.